The van der Waals surface area contributed by atoms with Gasteiger partial charge in [-0.2, -0.15) is 0 Å². The Morgan fingerprint density at radius 1 is 1.00 bits per heavy atom. The Labute approximate surface area is 83.0 Å². The van der Waals surface area contributed by atoms with Gasteiger partial charge in [0.1, 0.15) is 0 Å². The van der Waals surface area contributed by atoms with Gasteiger partial charge >= 0.3 is 82.6 Å². The van der Waals surface area contributed by atoms with Gasteiger partial charge in [-0.3, -0.25) is 0 Å². The second-order valence-corrected chi connectivity index (χ2v) is 4.36. The summed E-state index contributed by atoms with van der Waals surface area (Å²) in [5, 5.41) is 16.9. The van der Waals surface area contributed by atoms with Crippen molar-refractivity contribution in [2.45, 2.75) is 0 Å². The van der Waals surface area contributed by atoms with E-state index in [1.807, 2.05) is 12.1 Å². The topological polar surface area (TPSA) is 40.5 Å². The quantitative estimate of drug-likeness (QED) is 0.470. The van der Waals surface area contributed by atoms with Gasteiger partial charge in [-0.25, -0.2) is 0 Å². The van der Waals surface area contributed by atoms with Crippen LogP contribution >= 0.6 is 0 Å². The van der Waals surface area contributed by atoms with E-state index in [4.69, 9.17) is 10.2 Å². The molecule has 66 valence electrons. The molecule has 3 heteroatoms. The minimum atomic E-state index is -0.106. The molecule has 0 fully saturated rings. The molecule has 2 N–H and O–H groups in total. The third-order valence-electron chi connectivity index (χ3n) is 1.19. The van der Waals surface area contributed by atoms with Crippen LogP contribution in [0.2, 0.25) is 0 Å². The molecule has 1 rings (SSSR count). The third kappa shape index (κ3) is 3.51. The maximum absolute atomic E-state index is 8.46. The molecule has 0 aromatic carbocycles. The third-order valence-corrected chi connectivity index (χ3v) is 3.11. The van der Waals surface area contributed by atoms with Crippen LogP contribution in [0.25, 0.3) is 0 Å². The van der Waals surface area contributed by atoms with Crippen molar-refractivity contribution < 1.29 is 10.2 Å². The van der Waals surface area contributed by atoms with Gasteiger partial charge in [-0.15, -0.1) is 0 Å². The molecule has 0 aliphatic carbocycles. The molecule has 0 saturated heterocycles. The molecule has 1 heterocycles. The van der Waals surface area contributed by atoms with Crippen LogP contribution < -0.4 is 0 Å². The van der Waals surface area contributed by atoms with Crippen LogP contribution in [0.3, 0.4) is 0 Å². The fraction of sp³-hybridized carbons (Fsp3) is 0.200. The molecule has 0 amide bonds. The van der Waals surface area contributed by atoms with Crippen molar-refractivity contribution in [3.05, 3.63) is 21.0 Å². The Morgan fingerprint density at radius 3 is 1.85 bits per heavy atom. The van der Waals surface area contributed by atoms with E-state index in [-0.39, 0.29) is 27.7 Å². The normalized spacial score (nSPS) is 8.15. The first-order chi connectivity index (χ1) is 6.36. The van der Waals surface area contributed by atoms with Gasteiger partial charge < -0.3 is 0 Å². The zero-order valence-electron chi connectivity index (χ0n) is 6.87. The molecule has 0 spiro atoms. The molecule has 13 heavy (non-hydrogen) atoms. The average Bonchev–Trinajstić information content (AvgIpc) is 2.59. The summed E-state index contributed by atoms with van der Waals surface area (Å²) < 4.78 is 2.03. The van der Waals surface area contributed by atoms with Crippen molar-refractivity contribution in [3.63, 3.8) is 0 Å². The Kier molecular flexibility index (Phi) is 4.40. The van der Waals surface area contributed by atoms with Gasteiger partial charge in [-0.1, -0.05) is 0 Å². The van der Waals surface area contributed by atoms with E-state index in [1.165, 1.54) is 0 Å². The second-order valence-electron chi connectivity index (χ2n) is 2.08. The molecular formula is C10H8O2Se. The summed E-state index contributed by atoms with van der Waals surface area (Å²) in [7, 11) is 0. The Balaban J connectivity index is 2.75. The maximum atomic E-state index is 8.46. The molecule has 0 aliphatic rings. The summed E-state index contributed by atoms with van der Waals surface area (Å²) in [5.74, 6) is 10.9. The molecular weight excluding hydrogens is 231 g/mol. The van der Waals surface area contributed by atoms with Crippen molar-refractivity contribution in [2.75, 3.05) is 13.2 Å². The molecule has 1 aromatic rings. The summed E-state index contributed by atoms with van der Waals surface area (Å²) in [5.41, 5.74) is 0. The number of rotatable bonds is 0. The van der Waals surface area contributed by atoms with E-state index in [9.17, 15) is 0 Å². The van der Waals surface area contributed by atoms with E-state index >= 15 is 0 Å². The molecule has 2 nitrogen and oxygen atoms in total. The Hall–Kier alpha value is -0.961. The number of aliphatic hydroxyl groups excluding tert-OH is 2. The Bertz CT molecular complexity index is 348. The Morgan fingerprint density at radius 2 is 1.46 bits per heavy atom. The fourth-order valence-corrected chi connectivity index (χ4v) is 2.31. The average molecular weight is 239 g/mol. The van der Waals surface area contributed by atoms with Gasteiger partial charge in [0.15, 0.2) is 0 Å². The first-order valence-corrected chi connectivity index (χ1v) is 5.37. The molecule has 0 bridgehead atoms. The summed E-state index contributed by atoms with van der Waals surface area (Å²) in [6.45, 7) is -0.212. The fourth-order valence-electron chi connectivity index (χ4n) is 0.726. The van der Waals surface area contributed by atoms with E-state index in [0.29, 0.717) is 0 Å². The zero-order valence-corrected chi connectivity index (χ0v) is 8.58. The number of hydrogen-bond donors (Lipinski definition) is 2. The first-order valence-electron chi connectivity index (χ1n) is 3.66. The molecule has 0 unspecified atom stereocenters. The predicted molar refractivity (Wildman–Crippen MR) is 51.3 cm³/mol. The summed E-state index contributed by atoms with van der Waals surface area (Å²) in [4.78, 5) is 0. The first kappa shape index (κ1) is 10.1. The van der Waals surface area contributed by atoms with Gasteiger partial charge in [0.2, 0.25) is 0 Å². The minimum absolute atomic E-state index is 0.106. The van der Waals surface area contributed by atoms with Crippen molar-refractivity contribution >= 4 is 14.5 Å². The van der Waals surface area contributed by atoms with Crippen LogP contribution in [0.1, 0.15) is 8.87 Å². The van der Waals surface area contributed by atoms with Crippen molar-refractivity contribution in [1.82, 2.24) is 0 Å². The summed E-state index contributed by atoms with van der Waals surface area (Å²) >= 11 is 0.157. The molecule has 1 aromatic heterocycles. The van der Waals surface area contributed by atoms with Crippen LogP contribution in [0.5, 0.6) is 0 Å². The van der Waals surface area contributed by atoms with Crippen molar-refractivity contribution in [2.24, 2.45) is 0 Å². The van der Waals surface area contributed by atoms with Crippen LogP contribution in [0, 0.1) is 23.7 Å². The summed E-state index contributed by atoms with van der Waals surface area (Å²) in [6.07, 6.45) is 0. The van der Waals surface area contributed by atoms with Gasteiger partial charge in [0.05, 0.1) is 0 Å². The van der Waals surface area contributed by atoms with E-state index in [2.05, 4.69) is 23.7 Å². The van der Waals surface area contributed by atoms with Gasteiger partial charge in [0, 0.05) is 0 Å². The SMILES string of the molecule is OCC#Cc1ccc(C#CCO)[se]1. The molecule has 0 radical (unpaired) electrons. The monoisotopic (exact) mass is 240 g/mol. The molecule has 0 aliphatic heterocycles. The zero-order chi connectivity index (χ0) is 9.52. The van der Waals surface area contributed by atoms with E-state index < -0.39 is 0 Å². The number of aliphatic hydroxyl groups is 2. The van der Waals surface area contributed by atoms with Crippen molar-refractivity contribution in [3.8, 4) is 23.7 Å². The molecule has 0 atom stereocenters. The van der Waals surface area contributed by atoms with Crippen LogP contribution in [-0.4, -0.2) is 37.9 Å². The van der Waals surface area contributed by atoms with Crippen LogP contribution in [0.15, 0.2) is 12.1 Å². The predicted octanol–water partition coefficient (Wildman–Crippen LogP) is -0.569. The van der Waals surface area contributed by atoms with E-state index in [1.54, 1.807) is 0 Å². The van der Waals surface area contributed by atoms with Crippen LogP contribution in [-0.2, 0) is 0 Å². The number of hydrogen-bond acceptors (Lipinski definition) is 2. The standard InChI is InChI=1S/C10H8O2Se/c11-7-1-3-9-5-6-10(13-9)4-2-8-12/h5-6,11-12H,7-8H2. The van der Waals surface area contributed by atoms with Gasteiger partial charge in [-0.05, 0) is 0 Å². The van der Waals surface area contributed by atoms with Gasteiger partial charge in [0.25, 0.3) is 0 Å². The molecule has 0 saturated carbocycles. The van der Waals surface area contributed by atoms with E-state index in [0.717, 1.165) is 8.87 Å². The second kappa shape index (κ2) is 5.65. The van der Waals surface area contributed by atoms with Crippen LogP contribution in [0.4, 0.5) is 0 Å². The summed E-state index contributed by atoms with van der Waals surface area (Å²) in [6, 6.07) is 3.81. The van der Waals surface area contributed by atoms with Crippen molar-refractivity contribution in [1.29, 1.82) is 0 Å².